The number of nitrogens with zero attached hydrogens (tertiary/aromatic N) is 1. The van der Waals surface area contributed by atoms with Gasteiger partial charge in [-0.2, -0.15) is 5.10 Å². The van der Waals surface area contributed by atoms with Gasteiger partial charge in [-0.15, -0.1) is 12.4 Å². The molecule has 0 saturated heterocycles. The van der Waals surface area contributed by atoms with Crippen molar-refractivity contribution in [3.63, 3.8) is 0 Å². The normalized spacial score (nSPS) is 11.8. The smallest absolute Gasteiger partial charge is 0.272 e. The molecule has 1 aromatic heterocycles. The molecule has 0 saturated carbocycles. The number of aromatic nitrogens is 2. The van der Waals surface area contributed by atoms with Crippen molar-refractivity contribution in [2.45, 2.75) is 26.8 Å². The Kier molecular flexibility index (Phi) is 6.06. The molecule has 92 valence electrons. The van der Waals surface area contributed by atoms with Crippen LogP contribution in [0.4, 0.5) is 0 Å². The van der Waals surface area contributed by atoms with Crippen LogP contribution in [0.5, 0.6) is 0 Å². The first-order chi connectivity index (χ1) is 7.06. The van der Waals surface area contributed by atoms with Gasteiger partial charge in [0.05, 0.1) is 0 Å². The van der Waals surface area contributed by atoms with E-state index in [9.17, 15) is 4.79 Å². The first-order valence-electron chi connectivity index (χ1n) is 5.03. The number of carbonyl (C=O) groups is 1. The van der Waals surface area contributed by atoms with Crippen LogP contribution < -0.4 is 10.6 Å². The van der Waals surface area contributed by atoms with Gasteiger partial charge in [-0.05, 0) is 27.8 Å². The largest absolute Gasteiger partial charge is 0.349 e. The second-order valence-electron chi connectivity index (χ2n) is 3.72. The Bertz CT molecular complexity index is 351. The van der Waals surface area contributed by atoms with E-state index < -0.39 is 0 Å². The maximum Gasteiger partial charge on any atom is 0.272 e. The zero-order valence-electron chi connectivity index (χ0n) is 10.0. The van der Waals surface area contributed by atoms with Gasteiger partial charge in [-0.3, -0.25) is 9.89 Å². The van der Waals surface area contributed by atoms with E-state index in [1.807, 2.05) is 27.8 Å². The molecule has 0 aliphatic rings. The maximum atomic E-state index is 11.7. The molecule has 0 aliphatic heterocycles. The van der Waals surface area contributed by atoms with Gasteiger partial charge in [0.25, 0.3) is 5.91 Å². The van der Waals surface area contributed by atoms with Crippen LogP contribution in [0.2, 0.25) is 0 Å². The van der Waals surface area contributed by atoms with Gasteiger partial charge in [0.15, 0.2) is 5.69 Å². The van der Waals surface area contributed by atoms with E-state index in [1.54, 1.807) is 0 Å². The van der Waals surface area contributed by atoms with Crippen molar-refractivity contribution in [3.05, 3.63) is 17.0 Å². The molecule has 16 heavy (non-hydrogen) atoms. The van der Waals surface area contributed by atoms with Gasteiger partial charge in [0, 0.05) is 23.8 Å². The molecule has 0 aromatic carbocycles. The molecular weight excluding hydrogens is 228 g/mol. The van der Waals surface area contributed by atoms with Gasteiger partial charge >= 0.3 is 0 Å². The lowest BCUT2D eigenvalue weighted by atomic mass is 10.2. The van der Waals surface area contributed by atoms with Crippen LogP contribution in [0.15, 0.2) is 0 Å². The van der Waals surface area contributed by atoms with Crippen LogP contribution in [0, 0.1) is 13.8 Å². The Morgan fingerprint density at radius 2 is 2.12 bits per heavy atom. The summed E-state index contributed by atoms with van der Waals surface area (Å²) in [5.74, 6) is -0.126. The van der Waals surface area contributed by atoms with Crippen LogP contribution in [-0.2, 0) is 0 Å². The monoisotopic (exact) mass is 246 g/mol. The Labute approximate surface area is 102 Å². The number of carbonyl (C=O) groups excluding carboxylic acids is 1. The molecule has 6 heteroatoms. The fourth-order valence-corrected chi connectivity index (χ4v) is 1.14. The minimum absolute atomic E-state index is 0. The van der Waals surface area contributed by atoms with Crippen molar-refractivity contribution in [2.75, 3.05) is 13.6 Å². The minimum Gasteiger partial charge on any atom is -0.349 e. The van der Waals surface area contributed by atoms with Gasteiger partial charge in [0.1, 0.15) is 0 Å². The first-order valence-corrected chi connectivity index (χ1v) is 5.03. The minimum atomic E-state index is -0.126. The van der Waals surface area contributed by atoms with Crippen molar-refractivity contribution >= 4 is 18.3 Å². The van der Waals surface area contributed by atoms with Crippen molar-refractivity contribution < 1.29 is 4.79 Å². The van der Waals surface area contributed by atoms with Crippen LogP contribution in [0.3, 0.4) is 0 Å². The van der Waals surface area contributed by atoms with E-state index in [4.69, 9.17) is 0 Å². The summed E-state index contributed by atoms with van der Waals surface area (Å²) in [5, 5.41) is 12.6. The number of H-pyrrole nitrogens is 1. The molecule has 0 spiro atoms. The lowest BCUT2D eigenvalue weighted by molar-refractivity contribution is 0.0945. The number of nitrogens with one attached hydrogen (secondary N) is 3. The third-order valence-corrected chi connectivity index (χ3v) is 2.53. The van der Waals surface area contributed by atoms with E-state index in [2.05, 4.69) is 20.8 Å². The fraction of sp³-hybridized carbons (Fsp3) is 0.600. The van der Waals surface area contributed by atoms with Crippen LogP contribution in [0.1, 0.15) is 28.7 Å². The number of rotatable bonds is 4. The lowest BCUT2D eigenvalue weighted by Gasteiger charge is -2.10. The van der Waals surface area contributed by atoms with Gasteiger partial charge in [0.2, 0.25) is 0 Å². The summed E-state index contributed by atoms with van der Waals surface area (Å²) in [6.07, 6.45) is 0. The number of hydrogen-bond acceptors (Lipinski definition) is 3. The summed E-state index contributed by atoms with van der Waals surface area (Å²) in [5.41, 5.74) is 2.32. The highest BCUT2D eigenvalue weighted by atomic mass is 35.5. The predicted octanol–water partition coefficient (Wildman–Crippen LogP) is 0.786. The van der Waals surface area contributed by atoms with Gasteiger partial charge in [-0.1, -0.05) is 0 Å². The van der Waals surface area contributed by atoms with Crippen molar-refractivity contribution in [2.24, 2.45) is 0 Å². The first kappa shape index (κ1) is 14.9. The molecule has 0 bridgehead atoms. The molecule has 1 atom stereocenters. The van der Waals surface area contributed by atoms with E-state index in [0.717, 1.165) is 11.3 Å². The van der Waals surface area contributed by atoms with E-state index in [-0.39, 0.29) is 24.4 Å². The molecule has 1 heterocycles. The highest BCUT2D eigenvalue weighted by molar-refractivity contribution is 5.93. The second kappa shape index (κ2) is 6.50. The molecule has 0 radical (unpaired) electrons. The summed E-state index contributed by atoms with van der Waals surface area (Å²) >= 11 is 0. The van der Waals surface area contributed by atoms with E-state index >= 15 is 0 Å². The predicted molar refractivity (Wildman–Crippen MR) is 66.2 cm³/mol. The van der Waals surface area contributed by atoms with Crippen LogP contribution >= 0.6 is 12.4 Å². The number of aryl methyl sites for hydroxylation is 1. The third kappa shape index (κ3) is 3.50. The number of aromatic amines is 1. The Balaban J connectivity index is 0.00000225. The standard InChI is InChI=1S/C10H18N4O.ClH/c1-6(11-4)5-12-10(15)9-7(2)8(3)13-14-9;/h6,11H,5H2,1-4H3,(H,12,15)(H,13,14);1H. The quantitative estimate of drug-likeness (QED) is 0.736. The molecule has 0 fully saturated rings. The molecule has 1 unspecified atom stereocenters. The van der Waals surface area contributed by atoms with Crippen molar-refractivity contribution in [1.82, 2.24) is 20.8 Å². The molecule has 3 N–H and O–H groups in total. The summed E-state index contributed by atoms with van der Waals surface area (Å²) < 4.78 is 0. The Morgan fingerprint density at radius 1 is 1.50 bits per heavy atom. The van der Waals surface area contributed by atoms with Gasteiger partial charge in [-0.25, -0.2) is 0 Å². The maximum absolute atomic E-state index is 11.7. The molecular formula is C10H19ClN4O. The third-order valence-electron chi connectivity index (χ3n) is 2.53. The van der Waals surface area contributed by atoms with E-state index in [1.165, 1.54) is 0 Å². The SMILES string of the molecule is CNC(C)CNC(=O)c1n[nH]c(C)c1C.Cl. The summed E-state index contributed by atoms with van der Waals surface area (Å²) in [6.45, 7) is 6.38. The number of amides is 1. The zero-order chi connectivity index (χ0) is 11.4. The van der Waals surface area contributed by atoms with Crippen LogP contribution in [0.25, 0.3) is 0 Å². The highest BCUT2D eigenvalue weighted by Gasteiger charge is 2.14. The fourth-order valence-electron chi connectivity index (χ4n) is 1.14. The highest BCUT2D eigenvalue weighted by Crippen LogP contribution is 2.07. The number of hydrogen-bond donors (Lipinski definition) is 3. The van der Waals surface area contributed by atoms with Gasteiger partial charge < -0.3 is 10.6 Å². The molecule has 0 aliphatic carbocycles. The summed E-state index contributed by atoms with van der Waals surface area (Å²) in [7, 11) is 1.86. The zero-order valence-corrected chi connectivity index (χ0v) is 10.9. The molecule has 5 nitrogen and oxygen atoms in total. The second-order valence-corrected chi connectivity index (χ2v) is 3.72. The van der Waals surface area contributed by atoms with Crippen LogP contribution in [-0.4, -0.2) is 35.7 Å². The van der Waals surface area contributed by atoms with Crippen molar-refractivity contribution in [1.29, 1.82) is 0 Å². The van der Waals surface area contributed by atoms with E-state index in [0.29, 0.717) is 12.2 Å². The lowest BCUT2D eigenvalue weighted by Crippen LogP contribution is -2.37. The Morgan fingerprint density at radius 3 is 2.56 bits per heavy atom. The number of likely N-dealkylation sites (N-methyl/N-ethyl adjacent to an activating group) is 1. The molecule has 1 rings (SSSR count). The summed E-state index contributed by atoms with van der Waals surface area (Å²) in [6, 6.07) is 0.259. The molecule has 1 aromatic rings. The average Bonchev–Trinajstić information content (AvgIpc) is 2.56. The molecule has 1 amide bonds. The number of halogens is 1. The Hall–Kier alpha value is -1.07. The topological polar surface area (TPSA) is 69.8 Å². The summed E-state index contributed by atoms with van der Waals surface area (Å²) in [4.78, 5) is 11.7. The van der Waals surface area contributed by atoms with Crippen molar-refractivity contribution in [3.8, 4) is 0 Å². The average molecular weight is 247 g/mol.